The van der Waals surface area contributed by atoms with Gasteiger partial charge in [0.2, 0.25) is 0 Å². The van der Waals surface area contributed by atoms with E-state index in [1.807, 2.05) is 19.1 Å². The molecule has 0 bridgehead atoms. The normalized spacial score (nSPS) is 26.5. The van der Waals surface area contributed by atoms with Crippen molar-refractivity contribution in [1.29, 1.82) is 0 Å². The fourth-order valence-corrected chi connectivity index (χ4v) is 7.76. The molecule has 2 aromatic carbocycles. The van der Waals surface area contributed by atoms with Crippen LogP contribution in [0.2, 0.25) is 0 Å². The highest BCUT2D eigenvalue weighted by molar-refractivity contribution is 6.06. The highest BCUT2D eigenvalue weighted by Crippen LogP contribution is 2.48. The van der Waals surface area contributed by atoms with Gasteiger partial charge in [-0.2, -0.15) is 10.2 Å². The fourth-order valence-electron chi connectivity index (χ4n) is 7.76. The summed E-state index contributed by atoms with van der Waals surface area (Å²) in [5.41, 5.74) is 0.796. The number of fused-ring (bicyclic) bond motifs is 2. The van der Waals surface area contributed by atoms with Crippen molar-refractivity contribution in [2.75, 3.05) is 10.6 Å². The Morgan fingerprint density at radius 1 is 0.729 bits per heavy atom. The van der Waals surface area contributed by atoms with Gasteiger partial charge in [0, 0.05) is 23.0 Å². The molecule has 0 spiro atoms. The van der Waals surface area contributed by atoms with Gasteiger partial charge in [0.15, 0.2) is 17.9 Å². The lowest BCUT2D eigenvalue weighted by Gasteiger charge is -2.26. The van der Waals surface area contributed by atoms with Gasteiger partial charge >= 0.3 is 0 Å². The summed E-state index contributed by atoms with van der Waals surface area (Å²) in [6.45, 7) is 7.06. The van der Waals surface area contributed by atoms with E-state index in [9.17, 15) is 14.4 Å². The topological polar surface area (TPSA) is 187 Å². The average molecular weight is 808 g/mol. The number of carbonyl (C=O) groups is 3. The van der Waals surface area contributed by atoms with E-state index >= 15 is 8.78 Å². The highest BCUT2D eigenvalue weighted by atomic mass is 19.1. The van der Waals surface area contributed by atoms with Crippen LogP contribution in [0.15, 0.2) is 103 Å². The number of nitrogens with zero attached hydrogens (tertiary/aromatic N) is 7. The van der Waals surface area contributed by atoms with Crippen LogP contribution in [0.1, 0.15) is 84.8 Å². The van der Waals surface area contributed by atoms with Gasteiger partial charge in [0.1, 0.15) is 59.4 Å². The lowest BCUT2D eigenvalue weighted by molar-refractivity contribution is -0.134. The summed E-state index contributed by atoms with van der Waals surface area (Å²) in [5.74, 6) is -1.11. The van der Waals surface area contributed by atoms with Gasteiger partial charge < -0.3 is 30.1 Å². The minimum Gasteiger partial charge on any atom is -0.411 e. The molecule has 4 aromatic heterocycles. The predicted octanol–water partition coefficient (Wildman–Crippen LogP) is 7.01. The number of rotatable bonds is 10. The second-order valence-electron chi connectivity index (χ2n) is 14.5. The molecule has 0 unspecified atom stereocenters. The number of nitrogens with one attached hydrogen (secondary N) is 2. The minimum atomic E-state index is -1.37. The first-order valence-corrected chi connectivity index (χ1v) is 19.2. The third-order valence-electron chi connectivity index (χ3n) is 11.4. The number of halogens is 2. The van der Waals surface area contributed by atoms with E-state index in [1.165, 1.54) is 27.9 Å². The van der Waals surface area contributed by atoms with Gasteiger partial charge in [-0.3, -0.25) is 9.59 Å². The quantitative estimate of drug-likeness (QED) is 0.0563. The van der Waals surface area contributed by atoms with Gasteiger partial charge in [-0.05, 0) is 61.4 Å². The number of amides is 2. The van der Waals surface area contributed by atoms with E-state index in [0.717, 1.165) is 0 Å². The van der Waals surface area contributed by atoms with Crippen molar-refractivity contribution in [3.05, 3.63) is 120 Å². The Hall–Kier alpha value is -6.46. The number of aldehydes is 1. The minimum absolute atomic E-state index is 0.304. The molecule has 8 atom stereocenters. The number of hydrogen-bond acceptors (Lipinski definition) is 11. The SMILES string of the molecule is CC[C@@]1(/C=N/O)O[C@@H](c2ccc3c(NC(=O)c4ccccc4)ncnn23)[C@H](F)[C@@H]1C.CC[C@@]1(C=O)O[C@@H](c2ccc3c(NC(=O)c4ccccc4)ncnn23)[C@H](F)[C@@H]1C. The van der Waals surface area contributed by atoms with Crippen molar-refractivity contribution in [3.63, 3.8) is 0 Å². The molecular weight excluding hydrogens is 765 g/mol. The molecule has 2 amide bonds. The standard InChI is InChI=1S/C21H22FN5O3.C21H21FN4O3/c1-3-21(11-25-29)13(2)17(22)18(30-21)15-9-10-16-19(23-12-24-27(15)16)26-20(28)14-7-5-4-6-8-14;1-3-21(11-27)13(2)17(22)18(29-21)15-9-10-16-19(23-12-24-26(15)16)25-20(28)14-7-5-4-6-8-14/h4-13,17-18,29H,3H2,1-2H3,(H,23,24,26,28);4-13,17-18H,3H2,1-2H3,(H,23,24,25,28)/b25-11+;/t2*13-,17+,18-,21-/m00/s1. The number of alkyl halides is 2. The highest BCUT2D eigenvalue weighted by Gasteiger charge is 2.54. The van der Waals surface area contributed by atoms with Crippen LogP contribution in [0.25, 0.3) is 11.0 Å². The molecule has 2 saturated heterocycles. The summed E-state index contributed by atoms with van der Waals surface area (Å²) < 4.78 is 45.2. The third-order valence-corrected chi connectivity index (χ3v) is 11.4. The Labute approximate surface area is 337 Å². The largest absolute Gasteiger partial charge is 0.411 e. The first-order chi connectivity index (χ1) is 28.5. The number of aromatic nitrogens is 6. The first-order valence-electron chi connectivity index (χ1n) is 19.2. The molecule has 8 rings (SSSR count). The fraction of sp³-hybridized carbons (Fsp3) is 0.333. The van der Waals surface area contributed by atoms with Crippen molar-refractivity contribution in [2.24, 2.45) is 17.0 Å². The lowest BCUT2D eigenvalue weighted by atomic mass is 9.85. The monoisotopic (exact) mass is 807 g/mol. The van der Waals surface area contributed by atoms with Crippen LogP contribution in [0.5, 0.6) is 0 Å². The van der Waals surface area contributed by atoms with E-state index in [-0.39, 0.29) is 11.8 Å². The second kappa shape index (κ2) is 16.8. The summed E-state index contributed by atoms with van der Waals surface area (Å²) in [6, 6.07) is 24.3. The summed E-state index contributed by atoms with van der Waals surface area (Å²) in [6.07, 6.45) is 0.811. The molecule has 3 N–H and O–H groups in total. The summed E-state index contributed by atoms with van der Waals surface area (Å²) in [7, 11) is 0. The Morgan fingerprint density at radius 3 is 1.54 bits per heavy atom. The summed E-state index contributed by atoms with van der Waals surface area (Å²) in [4.78, 5) is 44.9. The maximum absolute atomic E-state index is 15.2. The molecule has 306 valence electrons. The Bertz CT molecular complexity index is 2480. The van der Waals surface area contributed by atoms with E-state index in [2.05, 4.69) is 36.0 Å². The van der Waals surface area contributed by atoms with Crippen LogP contribution < -0.4 is 10.6 Å². The molecule has 0 aliphatic carbocycles. The smallest absolute Gasteiger partial charge is 0.256 e. The van der Waals surface area contributed by atoms with E-state index in [4.69, 9.17) is 14.7 Å². The zero-order valence-corrected chi connectivity index (χ0v) is 32.6. The van der Waals surface area contributed by atoms with Crippen molar-refractivity contribution in [1.82, 2.24) is 29.2 Å². The number of hydrogen-bond donors (Lipinski definition) is 3. The Kier molecular flexibility index (Phi) is 11.6. The molecule has 6 aromatic rings. The molecule has 2 aliphatic heterocycles. The summed E-state index contributed by atoms with van der Waals surface area (Å²) in [5, 5.41) is 26.1. The van der Waals surface area contributed by atoms with Crippen LogP contribution in [-0.4, -0.2) is 82.3 Å². The van der Waals surface area contributed by atoms with Gasteiger partial charge in [-0.15, -0.1) is 0 Å². The Morgan fingerprint density at radius 2 is 1.15 bits per heavy atom. The van der Waals surface area contributed by atoms with Crippen LogP contribution in [0.3, 0.4) is 0 Å². The van der Waals surface area contributed by atoms with E-state index in [1.54, 1.807) is 93.6 Å². The number of carbonyl (C=O) groups excluding carboxylic acids is 3. The summed E-state index contributed by atoms with van der Waals surface area (Å²) >= 11 is 0. The van der Waals surface area contributed by atoms with Gasteiger partial charge in [-0.25, -0.2) is 27.8 Å². The molecular formula is C42H43F2N9O6. The first kappa shape index (κ1) is 40.7. The van der Waals surface area contributed by atoms with Crippen LogP contribution in [0.4, 0.5) is 20.4 Å². The number of oxime groups is 1. The maximum atomic E-state index is 15.2. The molecule has 59 heavy (non-hydrogen) atoms. The molecule has 15 nitrogen and oxygen atoms in total. The second-order valence-corrected chi connectivity index (χ2v) is 14.5. The zero-order valence-electron chi connectivity index (χ0n) is 32.6. The van der Waals surface area contributed by atoms with Crippen LogP contribution in [-0.2, 0) is 14.3 Å². The van der Waals surface area contributed by atoms with Gasteiger partial charge in [0.25, 0.3) is 11.8 Å². The number of anilines is 2. The van der Waals surface area contributed by atoms with E-state index in [0.29, 0.717) is 64.3 Å². The zero-order chi connectivity index (χ0) is 41.9. The van der Waals surface area contributed by atoms with Crippen molar-refractivity contribution in [3.8, 4) is 0 Å². The molecule has 2 fully saturated rings. The molecule has 2 aliphatic rings. The van der Waals surface area contributed by atoms with Crippen LogP contribution >= 0.6 is 0 Å². The van der Waals surface area contributed by atoms with Crippen LogP contribution in [0, 0.1) is 11.8 Å². The third kappa shape index (κ3) is 7.42. The number of benzene rings is 2. The molecule has 0 radical (unpaired) electrons. The van der Waals surface area contributed by atoms with Gasteiger partial charge in [0.05, 0.1) is 17.6 Å². The maximum Gasteiger partial charge on any atom is 0.256 e. The number of ether oxygens (including phenoxy) is 2. The van der Waals surface area contributed by atoms with Crippen molar-refractivity contribution >= 4 is 47.0 Å². The van der Waals surface area contributed by atoms with Crippen molar-refractivity contribution in [2.45, 2.75) is 76.3 Å². The average Bonchev–Trinajstić information content (AvgIpc) is 4.02. The Balaban J connectivity index is 0.000000179. The lowest BCUT2D eigenvalue weighted by Crippen LogP contribution is -2.36. The molecule has 6 heterocycles. The predicted molar refractivity (Wildman–Crippen MR) is 213 cm³/mol. The van der Waals surface area contributed by atoms with Crippen molar-refractivity contribution < 1.29 is 37.8 Å². The van der Waals surface area contributed by atoms with Gasteiger partial charge in [-0.1, -0.05) is 69.2 Å². The molecule has 0 saturated carbocycles. The van der Waals surface area contributed by atoms with E-state index < -0.39 is 47.6 Å². The molecule has 17 heteroatoms.